The summed E-state index contributed by atoms with van der Waals surface area (Å²) in [5.41, 5.74) is 0.108. The molecule has 2 fully saturated rings. The van der Waals surface area contributed by atoms with Crippen molar-refractivity contribution in [1.29, 1.82) is 0 Å². The number of nitrogens with one attached hydrogen (secondary N) is 2. The molecule has 0 unspecified atom stereocenters. The van der Waals surface area contributed by atoms with Gasteiger partial charge in [0.1, 0.15) is 11.8 Å². The van der Waals surface area contributed by atoms with Gasteiger partial charge in [0.2, 0.25) is 17.7 Å². The minimum Gasteiger partial charge on any atom is -0.497 e. The zero-order valence-corrected chi connectivity index (χ0v) is 21.0. The molecule has 0 aromatic heterocycles. The smallest absolute Gasteiger partial charge is 0.416 e. The van der Waals surface area contributed by atoms with Gasteiger partial charge in [-0.2, -0.15) is 13.2 Å². The molecule has 2 N–H and O–H groups in total. The highest BCUT2D eigenvalue weighted by Crippen LogP contribution is 2.30. The molecule has 0 saturated carbocycles. The predicted molar refractivity (Wildman–Crippen MR) is 135 cm³/mol. The van der Waals surface area contributed by atoms with Gasteiger partial charge in [-0.05, 0) is 30.3 Å². The van der Waals surface area contributed by atoms with Crippen LogP contribution in [0.5, 0.6) is 5.75 Å². The molecule has 2 aromatic rings. The van der Waals surface area contributed by atoms with Crippen LogP contribution in [-0.2, 0) is 20.6 Å². The largest absolute Gasteiger partial charge is 0.497 e. The monoisotopic (exact) mass is 533 g/mol. The molecular weight excluding hydrogens is 503 g/mol. The molecule has 1 atom stereocenters. The first-order valence-corrected chi connectivity index (χ1v) is 12.3. The molecule has 2 heterocycles. The molecule has 2 aromatic carbocycles. The molecule has 0 spiro atoms. The highest BCUT2D eigenvalue weighted by Gasteiger charge is 2.36. The summed E-state index contributed by atoms with van der Waals surface area (Å²) in [7, 11) is 1.62. The van der Waals surface area contributed by atoms with Crippen LogP contribution in [0.2, 0.25) is 0 Å². The quantitative estimate of drug-likeness (QED) is 0.567. The molecule has 2 saturated heterocycles. The number of methoxy groups -OCH3 is 1. The van der Waals surface area contributed by atoms with Crippen molar-refractivity contribution in [3.8, 4) is 5.75 Å². The molecule has 12 heteroatoms. The van der Waals surface area contributed by atoms with Crippen molar-refractivity contribution in [3.63, 3.8) is 0 Å². The average molecular weight is 534 g/mol. The lowest BCUT2D eigenvalue weighted by molar-refractivity contribution is -0.145. The van der Waals surface area contributed by atoms with Gasteiger partial charge in [0.15, 0.2) is 0 Å². The number of halogens is 3. The first kappa shape index (κ1) is 27.2. The SMILES string of the molecule is COc1cccc(N2CCN(CC(=O)N3CCNC(=O)[C@H]3CC(=O)Nc3cccc(C(F)(F)F)c3)CC2)c1. The Kier molecular flexibility index (Phi) is 8.40. The Balaban J connectivity index is 1.33. The Hall–Kier alpha value is -3.80. The van der Waals surface area contributed by atoms with Crippen molar-refractivity contribution < 1.29 is 32.3 Å². The summed E-state index contributed by atoms with van der Waals surface area (Å²) in [5.74, 6) is -0.624. The zero-order chi connectivity index (χ0) is 27.3. The fourth-order valence-electron chi connectivity index (χ4n) is 4.63. The number of alkyl halides is 3. The lowest BCUT2D eigenvalue weighted by Gasteiger charge is -2.39. The van der Waals surface area contributed by atoms with E-state index < -0.39 is 29.6 Å². The summed E-state index contributed by atoms with van der Waals surface area (Å²) in [5, 5.41) is 5.07. The van der Waals surface area contributed by atoms with Gasteiger partial charge in [-0.25, -0.2) is 0 Å². The van der Waals surface area contributed by atoms with Crippen LogP contribution in [0.15, 0.2) is 48.5 Å². The first-order chi connectivity index (χ1) is 18.1. The number of ether oxygens (including phenoxy) is 1. The van der Waals surface area contributed by atoms with E-state index in [4.69, 9.17) is 4.74 Å². The first-order valence-electron chi connectivity index (χ1n) is 12.3. The molecule has 4 rings (SSSR count). The van der Waals surface area contributed by atoms with Gasteiger partial charge in [0, 0.05) is 56.7 Å². The minimum absolute atomic E-state index is 0.0344. The van der Waals surface area contributed by atoms with E-state index >= 15 is 0 Å². The third-order valence-corrected chi connectivity index (χ3v) is 6.65. The van der Waals surface area contributed by atoms with Gasteiger partial charge in [0.05, 0.1) is 25.6 Å². The molecule has 3 amide bonds. The van der Waals surface area contributed by atoms with E-state index in [0.717, 1.165) is 23.6 Å². The third kappa shape index (κ3) is 6.74. The Morgan fingerprint density at radius 3 is 2.50 bits per heavy atom. The van der Waals surface area contributed by atoms with Crippen LogP contribution in [0.25, 0.3) is 0 Å². The Bertz CT molecular complexity index is 1170. The van der Waals surface area contributed by atoms with E-state index in [-0.39, 0.29) is 37.6 Å². The number of nitrogens with zero attached hydrogens (tertiary/aromatic N) is 3. The van der Waals surface area contributed by atoms with E-state index in [2.05, 4.69) is 15.5 Å². The Morgan fingerprint density at radius 2 is 1.79 bits per heavy atom. The van der Waals surface area contributed by atoms with Gasteiger partial charge in [-0.1, -0.05) is 12.1 Å². The summed E-state index contributed by atoms with van der Waals surface area (Å²) >= 11 is 0. The summed E-state index contributed by atoms with van der Waals surface area (Å²) in [6.45, 7) is 3.32. The fraction of sp³-hybridized carbons (Fsp3) is 0.423. The van der Waals surface area contributed by atoms with Crippen molar-refractivity contribution in [2.45, 2.75) is 18.6 Å². The van der Waals surface area contributed by atoms with E-state index in [1.807, 2.05) is 29.2 Å². The van der Waals surface area contributed by atoms with Crippen LogP contribution in [0.3, 0.4) is 0 Å². The number of hydrogen-bond acceptors (Lipinski definition) is 6. The molecule has 38 heavy (non-hydrogen) atoms. The van der Waals surface area contributed by atoms with E-state index in [1.54, 1.807) is 7.11 Å². The molecular formula is C26H30F3N5O4. The lowest BCUT2D eigenvalue weighted by Crippen LogP contribution is -2.60. The standard InChI is InChI=1S/C26H30F3N5O4/c1-38-21-7-3-6-20(15-21)33-12-10-32(11-13-33)17-24(36)34-9-8-30-25(37)22(34)16-23(35)31-19-5-2-4-18(14-19)26(27,28)29/h2-7,14-15,22H,8-13,16-17H2,1H3,(H,30,37)(H,31,35)/t22-/m1/s1. The van der Waals surface area contributed by atoms with Gasteiger partial charge >= 0.3 is 6.18 Å². The predicted octanol–water partition coefficient (Wildman–Crippen LogP) is 2.19. The van der Waals surface area contributed by atoms with Crippen molar-refractivity contribution in [3.05, 3.63) is 54.1 Å². The van der Waals surface area contributed by atoms with Gasteiger partial charge in [-0.15, -0.1) is 0 Å². The highest BCUT2D eigenvalue weighted by molar-refractivity contribution is 5.97. The van der Waals surface area contributed by atoms with Gasteiger partial charge < -0.3 is 25.2 Å². The number of carbonyl (C=O) groups excluding carboxylic acids is 3. The number of rotatable bonds is 7. The van der Waals surface area contributed by atoms with Crippen molar-refractivity contribution in [1.82, 2.24) is 15.1 Å². The molecule has 2 aliphatic rings. The fourth-order valence-corrected chi connectivity index (χ4v) is 4.63. The maximum Gasteiger partial charge on any atom is 0.416 e. The summed E-state index contributed by atoms with van der Waals surface area (Å²) < 4.78 is 44.2. The normalized spacial score (nSPS) is 18.6. The summed E-state index contributed by atoms with van der Waals surface area (Å²) in [4.78, 5) is 44.0. The zero-order valence-electron chi connectivity index (χ0n) is 21.0. The molecule has 0 radical (unpaired) electrons. The van der Waals surface area contributed by atoms with E-state index in [1.165, 1.54) is 17.0 Å². The molecule has 204 valence electrons. The molecule has 2 aliphatic heterocycles. The van der Waals surface area contributed by atoms with E-state index in [0.29, 0.717) is 26.2 Å². The lowest BCUT2D eigenvalue weighted by atomic mass is 10.1. The molecule has 9 nitrogen and oxygen atoms in total. The molecule has 0 bridgehead atoms. The maximum absolute atomic E-state index is 13.2. The van der Waals surface area contributed by atoms with Crippen LogP contribution in [0.4, 0.5) is 24.5 Å². The second-order valence-corrected chi connectivity index (χ2v) is 9.19. The Morgan fingerprint density at radius 1 is 1.05 bits per heavy atom. The van der Waals surface area contributed by atoms with Crippen molar-refractivity contribution in [2.75, 3.05) is 63.1 Å². The summed E-state index contributed by atoms with van der Waals surface area (Å²) in [6, 6.07) is 11.0. The highest BCUT2D eigenvalue weighted by atomic mass is 19.4. The number of carbonyl (C=O) groups is 3. The topological polar surface area (TPSA) is 94.2 Å². The Labute approximate surface area is 218 Å². The number of anilines is 2. The minimum atomic E-state index is -4.55. The van der Waals surface area contributed by atoms with Crippen molar-refractivity contribution in [2.24, 2.45) is 0 Å². The summed E-state index contributed by atoms with van der Waals surface area (Å²) in [6.07, 6.45) is -4.91. The average Bonchev–Trinajstić information content (AvgIpc) is 2.90. The van der Waals surface area contributed by atoms with Crippen LogP contribution in [0, 0.1) is 0 Å². The number of piperazine rings is 2. The van der Waals surface area contributed by atoms with Crippen LogP contribution in [0.1, 0.15) is 12.0 Å². The van der Waals surface area contributed by atoms with Gasteiger partial charge in [-0.3, -0.25) is 19.3 Å². The van der Waals surface area contributed by atoms with E-state index in [9.17, 15) is 27.6 Å². The third-order valence-electron chi connectivity index (χ3n) is 6.65. The van der Waals surface area contributed by atoms with Crippen LogP contribution < -0.4 is 20.3 Å². The number of hydrogen-bond donors (Lipinski definition) is 2. The van der Waals surface area contributed by atoms with Gasteiger partial charge in [0.25, 0.3) is 0 Å². The second-order valence-electron chi connectivity index (χ2n) is 9.19. The maximum atomic E-state index is 13.2. The van der Waals surface area contributed by atoms with Crippen molar-refractivity contribution >= 4 is 29.1 Å². The second kappa shape index (κ2) is 11.7. The number of amides is 3. The number of benzene rings is 2. The van der Waals surface area contributed by atoms with Crippen LogP contribution >= 0.6 is 0 Å². The van der Waals surface area contributed by atoms with Crippen LogP contribution in [-0.4, -0.2) is 86.5 Å². The molecule has 0 aliphatic carbocycles.